The van der Waals surface area contributed by atoms with E-state index in [0.29, 0.717) is 23.6 Å². The van der Waals surface area contributed by atoms with E-state index in [1.165, 1.54) is 16.8 Å². The van der Waals surface area contributed by atoms with E-state index in [1.54, 1.807) is 0 Å². The van der Waals surface area contributed by atoms with Crippen molar-refractivity contribution in [3.8, 4) is 11.3 Å². The van der Waals surface area contributed by atoms with Gasteiger partial charge in [-0.3, -0.25) is 0 Å². The van der Waals surface area contributed by atoms with Crippen LogP contribution in [0, 0.1) is 0 Å². The van der Waals surface area contributed by atoms with Crippen LogP contribution in [0.3, 0.4) is 0 Å². The van der Waals surface area contributed by atoms with Gasteiger partial charge in [-0.1, -0.05) is 17.3 Å². The fourth-order valence-electron chi connectivity index (χ4n) is 1.58. The van der Waals surface area contributed by atoms with Crippen LogP contribution >= 0.6 is 0 Å². The number of hydrogen-bond donors (Lipinski definition) is 1. The highest BCUT2D eigenvalue weighted by molar-refractivity contribution is 5.69. The summed E-state index contributed by atoms with van der Waals surface area (Å²) in [6, 6.07) is 4.67. The summed E-state index contributed by atoms with van der Waals surface area (Å²) in [4.78, 5) is 0. The Bertz CT molecular complexity index is 542. The van der Waals surface area contributed by atoms with Crippen LogP contribution in [0.2, 0.25) is 0 Å². The molecule has 0 aliphatic heterocycles. The molecule has 4 nitrogen and oxygen atoms in total. The lowest BCUT2D eigenvalue weighted by Gasteiger charge is -2.06. The molecule has 1 heterocycles. The third-order valence-electron chi connectivity index (χ3n) is 2.56. The molecule has 96 valence electrons. The van der Waals surface area contributed by atoms with Gasteiger partial charge in [0.1, 0.15) is 11.5 Å². The maximum atomic E-state index is 12.4. The number of anilines is 1. The maximum absolute atomic E-state index is 12.4. The van der Waals surface area contributed by atoms with Gasteiger partial charge in [0.05, 0.1) is 5.56 Å². The summed E-state index contributed by atoms with van der Waals surface area (Å²) in [5.41, 5.74) is 5.99. The van der Waals surface area contributed by atoms with Crippen molar-refractivity contribution in [1.82, 2.24) is 15.0 Å². The van der Waals surface area contributed by atoms with E-state index < -0.39 is 11.7 Å². The molecule has 2 N–H and O–H groups in total. The lowest BCUT2D eigenvalue weighted by Crippen LogP contribution is -2.04. The van der Waals surface area contributed by atoms with Crippen molar-refractivity contribution in [1.29, 1.82) is 0 Å². The number of rotatable bonds is 2. The van der Waals surface area contributed by atoms with Crippen molar-refractivity contribution in [2.24, 2.45) is 0 Å². The highest BCUT2D eigenvalue weighted by atomic mass is 19.4. The zero-order chi connectivity index (χ0) is 13.3. The molecule has 0 radical (unpaired) electrons. The van der Waals surface area contributed by atoms with Crippen LogP contribution in [-0.4, -0.2) is 15.0 Å². The number of nitrogens with zero attached hydrogens (tertiary/aromatic N) is 3. The minimum atomic E-state index is -4.34. The molecule has 0 amide bonds. The Balaban J connectivity index is 2.37. The third kappa shape index (κ3) is 2.15. The van der Waals surface area contributed by atoms with Crippen LogP contribution in [0.5, 0.6) is 0 Å². The third-order valence-corrected chi connectivity index (χ3v) is 2.56. The molecule has 1 aromatic carbocycles. The first-order valence-corrected chi connectivity index (χ1v) is 5.30. The second kappa shape index (κ2) is 4.32. The number of hydrogen-bond acceptors (Lipinski definition) is 3. The van der Waals surface area contributed by atoms with Crippen LogP contribution in [-0.2, 0) is 12.7 Å². The molecule has 0 saturated heterocycles. The van der Waals surface area contributed by atoms with Crippen molar-refractivity contribution in [3.63, 3.8) is 0 Å². The molecule has 0 aliphatic carbocycles. The van der Waals surface area contributed by atoms with Crippen molar-refractivity contribution >= 4 is 5.82 Å². The quantitative estimate of drug-likeness (QED) is 0.898. The number of nitrogen functional groups attached to an aromatic ring is 1. The van der Waals surface area contributed by atoms with Crippen LogP contribution in [0.25, 0.3) is 11.3 Å². The Kier molecular flexibility index (Phi) is 2.98. The zero-order valence-corrected chi connectivity index (χ0v) is 9.57. The number of aryl methyl sites for hydroxylation is 1. The van der Waals surface area contributed by atoms with E-state index in [-0.39, 0.29) is 0 Å². The molecule has 0 saturated carbocycles. The maximum Gasteiger partial charge on any atom is 0.416 e. The Labute approximate surface area is 101 Å². The van der Waals surface area contributed by atoms with E-state index in [1.807, 2.05) is 6.92 Å². The Morgan fingerprint density at radius 1 is 1.22 bits per heavy atom. The van der Waals surface area contributed by atoms with Crippen molar-refractivity contribution in [2.45, 2.75) is 19.6 Å². The highest BCUT2D eigenvalue weighted by Crippen LogP contribution is 2.31. The fourth-order valence-corrected chi connectivity index (χ4v) is 1.58. The van der Waals surface area contributed by atoms with Gasteiger partial charge in [-0.2, -0.15) is 13.2 Å². The minimum Gasteiger partial charge on any atom is -0.382 e. The lowest BCUT2D eigenvalue weighted by molar-refractivity contribution is -0.137. The van der Waals surface area contributed by atoms with E-state index in [0.717, 1.165) is 12.1 Å². The fraction of sp³-hybridized carbons (Fsp3) is 0.273. The Hall–Kier alpha value is -2.05. The lowest BCUT2D eigenvalue weighted by atomic mass is 10.1. The smallest absolute Gasteiger partial charge is 0.382 e. The first kappa shape index (κ1) is 12.4. The molecular weight excluding hydrogens is 245 g/mol. The first-order valence-electron chi connectivity index (χ1n) is 5.30. The van der Waals surface area contributed by atoms with E-state index in [4.69, 9.17) is 5.73 Å². The van der Waals surface area contributed by atoms with Crippen molar-refractivity contribution in [3.05, 3.63) is 29.8 Å². The molecule has 2 rings (SSSR count). The molecule has 18 heavy (non-hydrogen) atoms. The summed E-state index contributed by atoms with van der Waals surface area (Å²) >= 11 is 0. The average molecular weight is 256 g/mol. The van der Waals surface area contributed by atoms with Crippen molar-refractivity contribution in [2.75, 3.05) is 5.73 Å². The topological polar surface area (TPSA) is 56.7 Å². The zero-order valence-electron chi connectivity index (χ0n) is 9.57. The van der Waals surface area contributed by atoms with Gasteiger partial charge in [0.2, 0.25) is 0 Å². The Morgan fingerprint density at radius 3 is 2.28 bits per heavy atom. The normalized spacial score (nSPS) is 11.8. The molecule has 0 aliphatic rings. The first-order chi connectivity index (χ1) is 8.43. The number of nitrogens with two attached hydrogens (primary N) is 1. The van der Waals surface area contributed by atoms with E-state index >= 15 is 0 Å². The predicted octanol–water partition coefficient (Wildman–Crippen LogP) is 2.57. The van der Waals surface area contributed by atoms with Crippen LogP contribution in [0.4, 0.5) is 19.0 Å². The van der Waals surface area contributed by atoms with Gasteiger partial charge in [-0.05, 0) is 19.1 Å². The van der Waals surface area contributed by atoms with Gasteiger partial charge < -0.3 is 5.73 Å². The number of halogens is 3. The number of aromatic nitrogens is 3. The van der Waals surface area contributed by atoms with Crippen LogP contribution in [0.15, 0.2) is 24.3 Å². The van der Waals surface area contributed by atoms with Crippen LogP contribution in [0.1, 0.15) is 12.5 Å². The summed E-state index contributed by atoms with van der Waals surface area (Å²) in [6.45, 7) is 2.40. The molecule has 2 aromatic rings. The van der Waals surface area contributed by atoms with E-state index in [9.17, 15) is 13.2 Å². The summed E-state index contributed by atoms with van der Waals surface area (Å²) in [6.07, 6.45) is -4.34. The molecule has 7 heteroatoms. The SMILES string of the molecule is CCn1nnc(-c2ccc(C(F)(F)F)cc2)c1N. The second-order valence-electron chi connectivity index (χ2n) is 3.71. The van der Waals surface area contributed by atoms with Gasteiger partial charge in [0, 0.05) is 12.1 Å². The van der Waals surface area contributed by atoms with Gasteiger partial charge in [-0.15, -0.1) is 5.10 Å². The Morgan fingerprint density at radius 2 is 1.83 bits per heavy atom. The monoisotopic (exact) mass is 256 g/mol. The average Bonchev–Trinajstić information content (AvgIpc) is 2.69. The summed E-state index contributed by atoms with van der Waals surface area (Å²) in [7, 11) is 0. The van der Waals surface area contributed by atoms with Gasteiger partial charge >= 0.3 is 6.18 Å². The summed E-state index contributed by atoms with van der Waals surface area (Å²) in [5, 5.41) is 7.66. The number of benzene rings is 1. The van der Waals surface area contributed by atoms with Crippen molar-refractivity contribution < 1.29 is 13.2 Å². The summed E-state index contributed by atoms with van der Waals surface area (Å²) in [5.74, 6) is 0.345. The second-order valence-corrected chi connectivity index (χ2v) is 3.71. The largest absolute Gasteiger partial charge is 0.416 e. The van der Waals surface area contributed by atoms with E-state index in [2.05, 4.69) is 10.3 Å². The number of alkyl halides is 3. The molecule has 0 unspecified atom stereocenters. The van der Waals surface area contributed by atoms with Crippen LogP contribution < -0.4 is 5.73 Å². The minimum absolute atomic E-state index is 0.345. The standard InChI is InChI=1S/C11H11F3N4/c1-2-18-10(15)9(16-17-18)7-3-5-8(6-4-7)11(12,13)14/h3-6H,2,15H2,1H3. The molecule has 0 bridgehead atoms. The molecule has 0 spiro atoms. The molecular formula is C11H11F3N4. The summed E-state index contributed by atoms with van der Waals surface area (Å²) < 4.78 is 38.7. The van der Waals surface area contributed by atoms with Gasteiger partial charge in [-0.25, -0.2) is 4.68 Å². The van der Waals surface area contributed by atoms with Gasteiger partial charge in [0.15, 0.2) is 0 Å². The highest BCUT2D eigenvalue weighted by Gasteiger charge is 2.30. The van der Waals surface area contributed by atoms with Gasteiger partial charge in [0.25, 0.3) is 0 Å². The predicted molar refractivity (Wildman–Crippen MR) is 60.5 cm³/mol. The molecule has 0 atom stereocenters. The molecule has 0 fully saturated rings. The molecule has 1 aromatic heterocycles.